The normalized spacial score (nSPS) is 11.3. The van der Waals surface area contributed by atoms with E-state index in [9.17, 15) is 0 Å². The lowest BCUT2D eigenvalue weighted by Crippen LogP contribution is -2.55. The average Bonchev–Trinajstić information content (AvgIpc) is 3.25. The molecule has 0 amide bonds. The van der Waals surface area contributed by atoms with Gasteiger partial charge in [0.25, 0.3) is 0 Å². The lowest BCUT2D eigenvalue weighted by Gasteiger charge is -2.22. The minimum absolute atomic E-state index is 0.642. The van der Waals surface area contributed by atoms with Crippen LogP contribution in [0.4, 0.5) is 0 Å². The molecule has 8 aromatic carbocycles. The first-order chi connectivity index (χ1) is 26.8. The molecule has 1 heterocycles. The molecule has 0 saturated carbocycles. The monoisotopic (exact) mass is 697 g/mol. The molecule has 0 radical (unpaired) electrons. The molecule has 0 bridgehead atoms. The van der Waals surface area contributed by atoms with Crippen LogP contribution < -0.4 is 27.3 Å². The molecule has 0 unspecified atom stereocenters. The van der Waals surface area contributed by atoms with Crippen molar-refractivity contribution in [2.75, 3.05) is 0 Å². The van der Waals surface area contributed by atoms with Crippen LogP contribution in [0.5, 0.6) is 0 Å². The number of nitrogens with zero attached hydrogens (tertiary/aromatic N) is 3. The van der Waals surface area contributed by atoms with Gasteiger partial charge < -0.3 is 0 Å². The quantitative estimate of drug-likeness (QED) is 0.250. The molecule has 254 valence electrons. The van der Waals surface area contributed by atoms with E-state index in [1.165, 1.54) is 71.3 Å². The van der Waals surface area contributed by atoms with Gasteiger partial charge >= 0.3 is 0 Å². The van der Waals surface area contributed by atoms with E-state index in [2.05, 4.69) is 173 Å². The van der Waals surface area contributed by atoms with Crippen LogP contribution in [0.25, 0.3) is 89.1 Å². The number of aromatic nitrogens is 3. The van der Waals surface area contributed by atoms with E-state index in [0.29, 0.717) is 17.5 Å². The maximum Gasteiger partial charge on any atom is 0.164 e. The molecule has 55 heavy (non-hydrogen) atoms. The molecule has 0 aliphatic carbocycles. The van der Waals surface area contributed by atoms with Crippen molar-refractivity contribution >= 4 is 88.1 Å². The van der Waals surface area contributed by atoms with Gasteiger partial charge in [-0.05, 0) is 73.1 Å². The third kappa shape index (κ3) is 6.28. The van der Waals surface area contributed by atoms with Crippen molar-refractivity contribution in [3.05, 3.63) is 158 Å². The van der Waals surface area contributed by atoms with Gasteiger partial charge in [-0.25, -0.2) is 15.0 Å². The number of benzene rings is 8. The fraction of sp³-hybridized carbons (Fsp3) is 0. The van der Waals surface area contributed by atoms with Crippen LogP contribution in [-0.2, 0) is 0 Å². The fourth-order valence-corrected chi connectivity index (χ4v) is 8.04. The van der Waals surface area contributed by atoms with Crippen molar-refractivity contribution in [1.82, 2.24) is 15.0 Å². The Labute approximate surface area is 327 Å². The minimum Gasteiger partial charge on any atom is -0.208 e. The van der Waals surface area contributed by atoms with Crippen molar-refractivity contribution < 1.29 is 0 Å². The van der Waals surface area contributed by atoms with E-state index in [1.54, 1.807) is 0 Å². The molecule has 0 saturated heterocycles. The van der Waals surface area contributed by atoms with Crippen LogP contribution in [0.3, 0.4) is 0 Å². The van der Waals surface area contributed by atoms with E-state index in [0.717, 1.165) is 27.6 Å². The first-order valence-corrected chi connectivity index (χ1v) is 18.9. The SMILES string of the molecule is Bc1c(B)c(B)c(-c2ccc(-c3cccc(-c4nc(-c5ccccc5)nc(-c5ccc6cc(-c7ccccc7)ccc6c5)n4)c3)c3ccccc23)c(B)c1B. The Bertz CT molecular complexity index is 2900. The Kier molecular flexibility index (Phi) is 8.83. The lowest BCUT2D eigenvalue weighted by molar-refractivity contribution is 1.07. The highest BCUT2D eigenvalue weighted by molar-refractivity contribution is 6.68. The Morgan fingerprint density at radius 3 is 1.36 bits per heavy atom. The zero-order valence-electron chi connectivity index (χ0n) is 31.9. The van der Waals surface area contributed by atoms with Gasteiger partial charge in [-0.15, -0.1) is 16.4 Å². The third-order valence-electron chi connectivity index (χ3n) is 11.5. The highest BCUT2D eigenvalue weighted by atomic mass is 15.0. The summed E-state index contributed by atoms with van der Waals surface area (Å²) >= 11 is 0. The molecule has 0 aliphatic heterocycles. The minimum atomic E-state index is 0.642. The summed E-state index contributed by atoms with van der Waals surface area (Å²) in [6.45, 7) is 0. The number of fused-ring (bicyclic) bond motifs is 2. The van der Waals surface area contributed by atoms with Gasteiger partial charge in [-0.2, -0.15) is 0 Å². The van der Waals surface area contributed by atoms with Crippen LogP contribution in [-0.4, -0.2) is 54.2 Å². The molecule has 0 spiro atoms. The smallest absolute Gasteiger partial charge is 0.164 e. The van der Waals surface area contributed by atoms with Crippen molar-refractivity contribution in [2.24, 2.45) is 0 Å². The maximum atomic E-state index is 5.14. The third-order valence-corrected chi connectivity index (χ3v) is 11.5. The molecule has 0 atom stereocenters. The zero-order valence-corrected chi connectivity index (χ0v) is 31.9. The molecule has 9 rings (SSSR count). The molecule has 0 N–H and O–H groups in total. The second-order valence-corrected chi connectivity index (χ2v) is 14.6. The molecule has 1 aromatic heterocycles. The Balaban J connectivity index is 1.16. The second kappa shape index (κ2) is 14.1. The van der Waals surface area contributed by atoms with Crippen LogP contribution in [0.1, 0.15) is 0 Å². The van der Waals surface area contributed by atoms with Gasteiger partial charge in [0, 0.05) is 16.7 Å². The summed E-state index contributed by atoms with van der Waals surface area (Å²) in [5.41, 5.74) is 17.0. The first kappa shape index (κ1) is 34.4. The van der Waals surface area contributed by atoms with Gasteiger partial charge in [0.15, 0.2) is 17.5 Å². The van der Waals surface area contributed by atoms with Crippen molar-refractivity contribution in [3.63, 3.8) is 0 Å². The highest BCUT2D eigenvalue weighted by Crippen LogP contribution is 2.36. The van der Waals surface area contributed by atoms with Crippen molar-refractivity contribution in [2.45, 2.75) is 0 Å². The molecule has 9 aromatic rings. The molecule has 3 nitrogen and oxygen atoms in total. The summed E-state index contributed by atoms with van der Waals surface area (Å²) in [7, 11) is 11.3. The lowest BCUT2D eigenvalue weighted by atomic mass is 9.59. The van der Waals surface area contributed by atoms with Gasteiger partial charge in [-0.1, -0.05) is 150 Å². The second-order valence-electron chi connectivity index (χ2n) is 14.6. The molecule has 0 fully saturated rings. The number of rotatable bonds is 6. The molecule has 8 heteroatoms. The van der Waals surface area contributed by atoms with Crippen molar-refractivity contribution in [1.29, 1.82) is 0 Å². The van der Waals surface area contributed by atoms with E-state index in [4.69, 9.17) is 15.0 Å². The van der Waals surface area contributed by atoms with E-state index < -0.39 is 0 Å². The van der Waals surface area contributed by atoms with Gasteiger partial charge in [-0.3, -0.25) is 0 Å². The Hall–Kier alpha value is -6.39. The summed E-state index contributed by atoms with van der Waals surface area (Å²) < 4.78 is 0. The molecule has 0 aliphatic rings. The summed E-state index contributed by atoms with van der Waals surface area (Å²) in [4.78, 5) is 15.3. The van der Waals surface area contributed by atoms with Gasteiger partial charge in [0.2, 0.25) is 0 Å². The molecular formula is C47H36B5N3. The fourth-order valence-electron chi connectivity index (χ4n) is 8.04. The van der Waals surface area contributed by atoms with Crippen LogP contribution >= 0.6 is 0 Å². The zero-order chi connectivity index (χ0) is 37.6. The maximum absolute atomic E-state index is 5.14. The van der Waals surface area contributed by atoms with E-state index in [-0.39, 0.29) is 0 Å². The van der Waals surface area contributed by atoms with Gasteiger partial charge in [0.1, 0.15) is 39.2 Å². The van der Waals surface area contributed by atoms with Gasteiger partial charge in [0.05, 0.1) is 0 Å². The average molecular weight is 697 g/mol. The van der Waals surface area contributed by atoms with E-state index >= 15 is 0 Å². The van der Waals surface area contributed by atoms with Crippen molar-refractivity contribution in [3.8, 4) is 67.5 Å². The Morgan fingerprint density at radius 2 is 0.727 bits per heavy atom. The highest BCUT2D eigenvalue weighted by Gasteiger charge is 2.18. The topological polar surface area (TPSA) is 38.7 Å². The standard InChI is InChI=1S/C47H36B5N3/c48-40-39(41(49)43(51)44(52)42(40)50)38-23-22-35(36-16-7-8-17-37(36)38)32-14-9-15-33(26-32)46-53-45(28-12-5-2-6-13-28)54-47(55-46)34-21-20-30-24-29(18-19-31(30)25-34)27-10-3-1-4-11-27/h1-26H,48-52H2. The largest absolute Gasteiger partial charge is 0.208 e. The first-order valence-electron chi connectivity index (χ1n) is 18.9. The predicted molar refractivity (Wildman–Crippen MR) is 248 cm³/mol. The summed E-state index contributed by atoms with van der Waals surface area (Å²) in [5, 5.41) is 4.78. The van der Waals surface area contributed by atoms with Crippen LogP contribution in [0.15, 0.2) is 158 Å². The summed E-state index contributed by atoms with van der Waals surface area (Å²) in [6, 6.07) is 55.8. The van der Waals surface area contributed by atoms with Crippen LogP contribution in [0, 0.1) is 0 Å². The van der Waals surface area contributed by atoms with E-state index in [1.807, 2.05) is 24.3 Å². The summed E-state index contributed by atoms with van der Waals surface area (Å²) in [5.74, 6) is 1.94. The van der Waals surface area contributed by atoms with Crippen LogP contribution in [0.2, 0.25) is 0 Å². The summed E-state index contributed by atoms with van der Waals surface area (Å²) in [6.07, 6.45) is 0. The Morgan fingerprint density at radius 1 is 0.291 bits per heavy atom. The number of hydrogen-bond acceptors (Lipinski definition) is 3. The molecular weight excluding hydrogens is 661 g/mol. The number of hydrogen-bond donors (Lipinski definition) is 0. The predicted octanol–water partition coefficient (Wildman–Crippen LogP) is 3.47.